The van der Waals surface area contributed by atoms with Gasteiger partial charge < -0.3 is 14.7 Å². The van der Waals surface area contributed by atoms with Crippen LogP contribution in [0.5, 0.6) is 0 Å². The minimum absolute atomic E-state index is 0.0529. The van der Waals surface area contributed by atoms with E-state index in [1.54, 1.807) is 4.90 Å². The third kappa shape index (κ3) is 3.73. The molecule has 2 aliphatic rings. The number of likely N-dealkylation sites (tertiary alicyclic amines) is 1. The van der Waals surface area contributed by atoms with Crippen LogP contribution in [0.2, 0.25) is 0 Å². The van der Waals surface area contributed by atoms with Gasteiger partial charge in [-0.15, -0.1) is 0 Å². The first-order valence-electron chi connectivity index (χ1n) is 9.52. The van der Waals surface area contributed by atoms with Crippen LogP contribution in [-0.2, 0) is 9.53 Å². The second kappa shape index (κ2) is 5.74. The molecule has 1 heterocycles. The van der Waals surface area contributed by atoms with Crippen molar-refractivity contribution in [1.82, 2.24) is 4.90 Å². The lowest BCUT2D eigenvalue weighted by Crippen LogP contribution is -2.47. The highest BCUT2D eigenvalue weighted by atomic mass is 16.6. The molecule has 2 rings (SSSR count). The smallest absolute Gasteiger partial charge is 0.410 e. The number of rotatable bonds is 1. The maximum absolute atomic E-state index is 12.2. The second-order valence-electron chi connectivity index (χ2n) is 7.85. The zero-order valence-electron chi connectivity index (χ0n) is 16.8. The van der Waals surface area contributed by atoms with Crippen LogP contribution in [0.25, 0.3) is 0 Å². The summed E-state index contributed by atoms with van der Waals surface area (Å²) in [6.07, 6.45) is 2.72. The van der Waals surface area contributed by atoms with Gasteiger partial charge >= 0.3 is 12.1 Å². The number of carboxylic acid groups (broad SMARTS) is 1. The van der Waals surface area contributed by atoms with Crippen molar-refractivity contribution in [3.63, 3.8) is 0 Å². The average molecular weight is 314 g/mol. The van der Waals surface area contributed by atoms with Crippen LogP contribution in [0.4, 0.5) is 4.79 Å². The molecule has 1 amide bonds. The van der Waals surface area contributed by atoms with Crippen LogP contribution in [0.15, 0.2) is 0 Å². The van der Waals surface area contributed by atoms with Gasteiger partial charge in [0.2, 0.25) is 0 Å². The average Bonchev–Trinajstić information content (AvgIpc) is 2.45. The number of hydrogen-bond donors (Lipinski definition) is 1. The molecule has 22 heavy (non-hydrogen) atoms. The van der Waals surface area contributed by atoms with Gasteiger partial charge in [0.1, 0.15) is 5.60 Å². The summed E-state index contributed by atoms with van der Waals surface area (Å²) in [5, 5.41) is 9.50. The van der Waals surface area contributed by atoms with Crippen LogP contribution in [0, 0.1) is 10.8 Å². The van der Waals surface area contributed by atoms with E-state index in [9.17, 15) is 14.7 Å². The van der Waals surface area contributed by atoms with E-state index in [2.05, 4.69) is 0 Å². The van der Waals surface area contributed by atoms with Crippen molar-refractivity contribution in [2.75, 3.05) is 13.1 Å². The summed E-state index contributed by atoms with van der Waals surface area (Å²) in [5.74, 6) is -1.21. The van der Waals surface area contributed by atoms with Gasteiger partial charge in [-0.1, -0.05) is 0 Å². The molecule has 0 atom stereocenters. The zero-order chi connectivity index (χ0) is 19.1. The van der Waals surface area contributed by atoms with Gasteiger partial charge in [0.05, 0.1) is 5.41 Å². The van der Waals surface area contributed by atoms with Crippen LogP contribution < -0.4 is 0 Å². The Morgan fingerprint density at radius 1 is 1.09 bits per heavy atom. The SMILES string of the molecule is [2H]C([2H])([2H])C1(C(=O)O)CCC2(CCN(C(=O)OC(C)(C)C)CC2)CC1. The minimum atomic E-state index is -2.49. The largest absolute Gasteiger partial charge is 0.481 e. The van der Waals surface area contributed by atoms with Gasteiger partial charge in [0.15, 0.2) is 0 Å². The molecule has 126 valence electrons. The summed E-state index contributed by atoms with van der Waals surface area (Å²) in [6, 6.07) is 0. The standard InChI is InChI=1S/C17H29NO4/c1-15(2,3)22-14(21)18-11-9-17(10-12-18)7-5-16(4,6-8-17)13(19)20/h5-12H2,1-4H3,(H,19,20)/i4D3. The van der Waals surface area contributed by atoms with Crippen LogP contribution in [0.3, 0.4) is 0 Å². The molecule has 1 saturated carbocycles. The number of carboxylic acids is 1. The van der Waals surface area contributed by atoms with Crippen molar-refractivity contribution < 1.29 is 23.5 Å². The van der Waals surface area contributed by atoms with Crippen LogP contribution >= 0.6 is 0 Å². The number of carbonyl (C=O) groups excluding carboxylic acids is 1. The topological polar surface area (TPSA) is 66.8 Å². The fourth-order valence-electron chi connectivity index (χ4n) is 3.41. The lowest BCUT2D eigenvalue weighted by molar-refractivity contribution is -0.151. The van der Waals surface area contributed by atoms with Gasteiger partial charge in [-0.3, -0.25) is 4.79 Å². The molecule has 0 aromatic carbocycles. The summed E-state index contributed by atoms with van der Waals surface area (Å²) in [6.45, 7) is 4.15. The van der Waals surface area contributed by atoms with Crippen molar-refractivity contribution in [2.45, 2.75) is 71.7 Å². The lowest BCUT2D eigenvalue weighted by atomic mass is 9.61. The first-order valence-corrected chi connectivity index (χ1v) is 8.02. The van der Waals surface area contributed by atoms with E-state index in [1.165, 1.54) is 0 Å². The van der Waals surface area contributed by atoms with E-state index in [0.717, 1.165) is 12.8 Å². The van der Waals surface area contributed by atoms with Crippen molar-refractivity contribution in [3.05, 3.63) is 0 Å². The molecule has 1 N–H and O–H groups in total. The second-order valence-corrected chi connectivity index (χ2v) is 7.85. The Kier molecular flexibility index (Phi) is 3.45. The molecule has 1 aliphatic heterocycles. The molecule has 0 aromatic rings. The Bertz CT molecular complexity index is 521. The molecular formula is C17H29NO4. The first-order chi connectivity index (χ1) is 11.3. The minimum Gasteiger partial charge on any atom is -0.481 e. The molecule has 1 aliphatic carbocycles. The van der Waals surface area contributed by atoms with E-state index in [0.29, 0.717) is 25.9 Å². The van der Waals surface area contributed by atoms with Gasteiger partial charge in [-0.25, -0.2) is 4.79 Å². The third-order valence-corrected chi connectivity index (χ3v) is 5.05. The number of aliphatic carboxylic acids is 1. The number of ether oxygens (including phenoxy) is 1. The van der Waals surface area contributed by atoms with Gasteiger partial charge in [0.25, 0.3) is 0 Å². The number of nitrogens with zero attached hydrogens (tertiary/aromatic N) is 1. The van der Waals surface area contributed by atoms with Gasteiger partial charge in [-0.2, -0.15) is 0 Å². The normalized spacial score (nSPS) is 26.7. The van der Waals surface area contributed by atoms with E-state index >= 15 is 0 Å². The van der Waals surface area contributed by atoms with Gasteiger partial charge in [0, 0.05) is 17.2 Å². The molecule has 0 radical (unpaired) electrons. The van der Waals surface area contributed by atoms with E-state index in [-0.39, 0.29) is 24.3 Å². The highest BCUT2D eigenvalue weighted by Gasteiger charge is 2.45. The Labute approximate surface area is 137 Å². The van der Waals surface area contributed by atoms with Crippen molar-refractivity contribution in [1.29, 1.82) is 0 Å². The third-order valence-electron chi connectivity index (χ3n) is 5.05. The number of hydrogen-bond acceptors (Lipinski definition) is 3. The molecule has 0 aromatic heterocycles. The van der Waals surface area contributed by atoms with Crippen molar-refractivity contribution >= 4 is 12.1 Å². The monoisotopic (exact) mass is 314 g/mol. The van der Waals surface area contributed by atoms with Crippen molar-refractivity contribution in [2.24, 2.45) is 10.8 Å². The fourth-order valence-corrected chi connectivity index (χ4v) is 3.41. The predicted octanol–water partition coefficient (Wildman–Crippen LogP) is 3.67. The van der Waals surface area contributed by atoms with E-state index < -0.39 is 23.8 Å². The lowest BCUT2D eigenvalue weighted by Gasteiger charge is -2.47. The van der Waals surface area contributed by atoms with Crippen molar-refractivity contribution in [3.8, 4) is 0 Å². The van der Waals surface area contributed by atoms with Gasteiger partial charge in [-0.05, 0) is 71.6 Å². The molecule has 2 fully saturated rings. The van der Waals surface area contributed by atoms with E-state index in [1.807, 2.05) is 20.8 Å². The first kappa shape index (κ1) is 13.2. The molecule has 0 unspecified atom stereocenters. The Morgan fingerprint density at radius 3 is 2.05 bits per heavy atom. The summed E-state index contributed by atoms with van der Waals surface area (Å²) in [4.78, 5) is 25.5. The maximum atomic E-state index is 12.2. The molecule has 5 nitrogen and oxygen atoms in total. The molecule has 5 heteroatoms. The summed E-state index contributed by atoms with van der Waals surface area (Å²) >= 11 is 0. The fraction of sp³-hybridized carbons (Fsp3) is 0.882. The maximum Gasteiger partial charge on any atom is 0.410 e. The number of piperidine rings is 1. The van der Waals surface area contributed by atoms with E-state index in [4.69, 9.17) is 8.85 Å². The Balaban J connectivity index is 1.98. The number of amides is 1. The Morgan fingerprint density at radius 2 is 1.64 bits per heavy atom. The highest BCUT2D eigenvalue weighted by molar-refractivity contribution is 5.74. The molecular weight excluding hydrogens is 282 g/mol. The zero-order valence-corrected chi connectivity index (χ0v) is 13.8. The number of carbonyl (C=O) groups is 2. The summed E-state index contributed by atoms with van der Waals surface area (Å²) in [5.41, 5.74) is -2.21. The summed E-state index contributed by atoms with van der Waals surface area (Å²) < 4.78 is 28.4. The Hall–Kier alpha value is -1.26. The summed E-state index contributed by atoms with van der Waals surface area (Å²) in [7, 11) is 0. The quantitative estimate of drug-likeness (QED) is 0.802. The molecule has 1 spiro atoms. The highest BCUT2D eigenvalue weighted by Crippen LogP contribution is 2.50. The molecule has 0 bridgehead atoms. The van der Waals surface area contributed by atoms with Crippen LogP contribution in [-0.4, -0.2) is 40.8 Å². The molecule has 1 saturated heterocycles. The predicted molar refractivity (Wildman–Crippen MR) is 83.7 cm³/mol. The van der Waals surface area contributed by atoms with Crippen LogP contribution in [0.1, 0.15) is 70.3 Å².